The van der Waals surface area contributed by atoms with Crippen LogP contribution in [0.4, 0.5) is 5.13 Å². The van der Waals surface area contributed by atoms with E-state index in [1.54, 1.807) is 12.0 Å². The molecule has 0 unspecified atom stereocenters. The maximum absolute atomic E-state index is 13.6. The molecular weight excluding hydrogens is 462 g/mol. The van der Waals surface area contributed by atoms with Crippen LogP contribution in [0.3, 0.4) is 0 Å². The topological polar surface area (TPSA) is 72.7 Å². The Bertz CT molecular complexity index is 1080. The van der Waals surface area contributed by atoms with Crippen molar-refractivity contribution in [3.8, 4) is 5.75 Å². The Kier molecular flexibility index (Phi) is 8.69. The van der Waals surface area contributed by atoms with Crippen LogP contribution in [0.1, 0.15) is 42.5 Å². The Labute approximate surface area is 204 Å². The first kappa shape index (κ1) is 25.4. The fourth-order valence-corrected chi connectivity index (χ4v) is 4.97. The summed E-state index contributed by atoms with van der Waals surface area (Å²) in [6, 6.07) is 7.85. The molecule has 0 saturated carbocycles. The molecule has 1 aliphatic heterocycles. The summed E-state index contributed by atoms with van der Waals surface area (Å²) >= 11 is 1.51. The molecule has 33 heavy (non-hydrogen) atoms. The van der Waals surface area contributed by atoms with Crippen molar-refractivity contribution in [3.05, 3.63) is 35.7 Å². The number of ether oxygens (including phenoxy) is 2. The molecule has 0 radical (unpaired) electrons. The number of morpholine rings is 1. The third-order valence-corrected chi connectivity index (χ3v) is 6.69. The summed E-state index contributed by atoms with van der Waals surface area (Å²) in [5.41, 5.74) is 2.30. The van der Waals surface area contributed by atoms with E-state index < -0.39 is 0 Å². The van der Waals surface area contributed by atoms with Gasteiger partial charge in [-0.25, -0.2) is 4.98 Å². The van der Waals surface area contributed by atoms with Gasteiger partial charge in [-0.05, 0) is 51.5 Å². The number of aryl methyl sites for hydroxylation is 1. The number of benzene rings is 1. The number of anilines is 1. The zero-order valence-electron chi connectivity index (χ0n) is 19.6. The summed E-state index contributed by atoms with van der Waals surface area (Å²) in [4.78, 5) is 22.5. The van der Waals surface area contributed by atoms with E-state index in [1.807, 2.05) is 35.9 Å². The maximum Gasteiger partial charge on any atom is 0.280 e. The minimum Gasteiger partial charge on any atom is -0.497 e. The predicted molar refractivity (Wildman–Crippen MR) is 134 cm³/mol. The van der Waals surface area contributed by atoms with E-state index in [0.29, 0.717) is 17.4 Å². The molecule has 3 heterocycles. The number of rotatable bonds is 8. The highest BCUT2D eigenvalue weighted by Crippen LogP contribution is 2.32. The lowest BCUT2D eigenvalue weighted by atomic mass is 10.3. The van der Waals surface area contributed by atoms with Crippen LogP contribution < -0.4 is 9.64 Å². The van der Waals surface area contributed by atoms with Crippen molar-refractivity contribution in [1.82, 2.24) is 19.7 Å². The molecule has 8 nitrogen and oxygen atoms in total. The lowest BCUT2D eigenvalue weighted by molar-refractivity contribution is 0.0376. The van der Waals surface area contributed by atoms with Gasteiger partial charge in [0, 0.05) is 37.9 Å². The highest BCUT2D eigenvalue weighted by Gasteiger charge is 2.25. The van der Waals surface area contributed by atoms with Crippen molar-refractivity contribution >= 4 is 45.0 Å². The third-order valence-electron chi connectivity index (χ3n) is 5.65. The molecular formula is C23H32ClN5O3S. The molecule has 0 aliphatic carbocycles. The fraction of sp³-hybridized carbons (Fsp3) is 0.522. The van der Waals surface area contributed by atoms with Crippen molar-refractivity contribution in [2.24, 2.45) is 0 Å². The van der Waals surface area contributed by atoms with Gasteiger partial charge in [0.1, 0.15) is 5.75 Å². The monoisotopic (exact) mass is 493 g/mol. The third kappa shape index (κ3) is 5.84. The zero-order chi connectivity index (χ0) is 22.7. The quantitative estimate of drug-likeness (QED) is 0.468. The molecule has 1 aromatic carbocycles. The minimum atomic E-state index is -0.111. The average Bonchev–Trinajstić information content (AvgIpc) is 3.39. The number of aromatic nitrogens is 3. The number of carbonyl (C=O) groups excluding carboxylic acids is 1. The van der Waals surface area contributed by atoms with E-state index in [2.05, 4.69) is 23.8 Å². The lowest BCUT2D eigenvalue weighted by Crippen LogP contribution is -2.39. The molecule has 1 amide bonds. The summed E-state index contributed by atoms with van der Waals surface area (Å²) in [7, 11) is 1.65. The molecule has 10 heteroatoms. The summed E-state index contributed by atoms with van der Waals surface area (Å²) < 4.78 is 13.7. The van der Waals surface area contributed by atoms with Gasteiger partial charge in [0.05, 0.1) is 30.5 Å². The van der Waals surface area contributed by atoms with Crippen LogP contribution in [0.5, 0.6) is 5.75 Å². The van der Waals surface area contributed by atoms with Gasteiger partial charge in [0.2, 0.25) is 0 Å². The first-order valence-electron chi connectivity index (χ1n) is 11.1. The number of fused-ring (bicyclic) bond motifs is 1. The molecule has 0 N–H and O–H groups in total. The normalized spacial score (nSPS) is 14.5. The number of methoxy groups -OCH3 is 1. The van der Waals surface area contributed by atoms with E-state index in [1.165, 1.54) is 11.3 Å². The number of hydrogen-bond acceptors (Lipinski definition) is 7. The Hall–Kier alpha value is -2.20. The largest absolute Gasteiger partial charge is 0.497 e. The number of nitrogens with zero attached hydrogens (tertiary/aromatic N) is 5. The molecule has 0 bridgehead atoms. The molecule has 1 fully saturated rings. The van der Waals surface area contributed by atoms with Crippen LogP contribution in [0.15, 0.2) is 24.3 Å². The van der Waals surface area contributed by atoms with Gasteiger partial charge in [-0.3, -0.25) is 19.3 Å². The van der Waals surface area contributed by atoms with Gasteiger partial charge < -0.3 is 9.47 Å². The number of carbonyl (C=O) groups is 1. The summed E-state index contributed by atoms with van der Waals surface area (Å²) in [6.45, 7) is 11.0. The van der Waals surface area contributed by atoms with E-state index in [4.69, 9.17) is 14.5 Å². The van der Waals surface area contributed by atoms with Crippen molar-refractivity contribution in [3.63, 3.8) is 0 Å². The van der Waals surface area contributed by atoms with Crippen molar-refractivity contribution in [2.45, 2.75) is 33.2 Å². The maximum atomic E-state index is 13.6. The van der Waals surface area contributed by atoms with Crippen LogP contribution in [-0.2, 0) is 4.74 Å². The SMILES string of the molecule is COc1ccc2nc(N(CCCN3CCOCC3)C(=O)c3cc(C)n(C(C)C)n3)sc2c1.Cl. The smallest absolute Gasteiger partial charge is 0.280 e. The first-order chi connectivity index (χ1) is 15.5. The molecule has 3 aromatic rings. The molecule has 4 rings (SSSR count). The van der Waals surface area contributed by atoms with E-state index in [0.717, 1.165) is 60.9 Å². The highest BCUT2D eigenvalue weighted by atomic mass is 35.5. The number of halogens is 1. The van der Waals surface area contributed by atoms with Gasteiger partial charge in [0.15, 0.2) is 10.8 Å². The summed E-state index contributed by atoms with van der Waals surface area (Å²) in [5.74, 6) is 0.671. The van der Waals surface area contributed by atoms with Gasteiger partial charge in [0.25, 0.3) is 5.91 Å². The van der Waals surface area contributed by atoms with Gasteiger partial charge >= 0.3 is 0 Å². The van der Waals surface area contributed by atoms with Crippen molar-refractivity contribution in [2.75, 3.05) is 51.4 Å². The highest BCUT2D eigenvalue weighted by molar-refractivity contribution is 7.22. The molecule has 2 aromatic heterocycles. The van der Waals surface area contributed by atoms with Crippen LogP contribution in [0.2, 0.25) is 0 Å². The van der Waals surface area contributed by atoms with Gasteiger partial charge in [-0.15, -0.1) is 12.4 Å². The van der Waals surface area contributed by atoms with Crippen molar-refractivity contribution in [1.29, 1.82) is 0 Å². The molecule has 180 valence electrons. The predicted octanol–water partition coefficient (Wildman–Crippen LogP) is 4.18. The standard InChI is InChI=1S/C23H31N5O3S.ClH/c1-16(2)28-17(3)14-20(25-28)22(29)27(9-5-8-26-10-12-31-13-11-26)23-24-19-7-6-18(30-4)15-21(19)32-23;/h6-7,14-16H,5,8-13H2,1-4H3;1H. The minimum absolute atomic E-state index is 0. The number of thiazole rings is 1. The molecule has 1 aliphatic rings. The van der Waals surface area contributed by atoms with Crippen LogP contribution in [0.25, 0.3) is 10.2 Å². The Morgan fingerprint density at radius 1 is 1.27 bits per heavy atom. The lowest BCUT2D eigenvalue weighted by Gasteiger charge is -2.27. The Balaban J connectivity index is 0.00000306. The molecule has 0 atom stereocenters. The second kappa shape index (κ2) is 11.3. The molecule has 1 saturated heterocycles. The van der Waals surface area contributed by atoms with E-state index in [-0.39, 0.29) is 24.4 Å². The summed E-state index contributed by atoms with van der Waals surface area (Å²) in [5, 5.41) is 5.28. The van der Waals surface area contributed by atoms with Crippen molar-refractivity contribution < 1.29 is 14.3 Å². The van der Waals surface area contributed by atoms with E-state index >= 15 is 0 Å². The van der Waals surface area contributed by atoms with Crippen LogP contribution in [-0.4, -0.2) is 72.1 Å². The second-order valence-electron chi connectivity index (χ2n) is 8.30. The molecule has 0 spiro atoms. The number of amides is 1. The van der Waals surface area contributed by atoms with Crippen LogP contribution in [0, 0.1) is 6.92 Å². The first-order valence-corrected chi connectivity index (χ1v) is 11.9. The van der Waals surface area contributed by atoms with Gasteiger partial charge in [-0.2, -0.15) is 5.10 Å². The second-order valence-corrected chi connectivity index (χ2v) is 9.31. The fourth-order valence-electron chi connectivity index (χ4n) is 3.95. The average molecular weight is 494 g/mol. The zero-order valence-corrected chi connectivity index (χ0v) is 21.2. The summed E-state index contributed by atoms with van der Waals surface area (Å²) in [6.07, 6.45) is 0.856. The van der Waals surface area contributed by atoms with Crippen LogP contribution >= 0.6 is 23.7 Å². The van der Waals surface area contributed by atoms with Gasteiger partial charge in [-0.1, -0.05) is 11.3 Å². The Morgan fingerprint density at radius 3 is 2.70 bits per heavy atom. The van der Waals surface area contributed by atoms with E-state index in [9.17, 15) is 4.79 Å². The Morgan fingerprint density at radius 2 is 2.03 bits per heavy atom. The number of hydrogen-bond donors (Lipinski definition) is 0.